The molecule has 3 aliphatic heterocycles. The van der Waals surface area contributed by atoms with E-state index in [1.165, 1.54) is 0 Å². The third kappa shape index (κ3) is 3.40. The lowest BCUT2D eigenvalue weighted by Crippen LogP contribution is -2.58. The van der Waals surface area contributed by atoms with Crippen LogP contribution in [0.25, 0.3) is 6.08 Å². The van der Waals surface area contributed by atoms with Crippen LogP contribution in [0.15, 0.2) is 35.9 Å². The summed E-state index contributed by atoms with van der Waals surface area (Å²) in [6, 6.07) is 6.41. The molecule has 1 N–H and O–H groups in total. The normalized spacial score (nSPS) is 24.8. The summed E-state index contributed by atoms with van der Waals surface area (Å²) in [6.45, 7) is 2.98. The van der Waals surface area contributed by atoms with Crippen LogP contribution in [0.5, 0.6) is 5.75 Å². The zero-order valence-electron chi connectivity index (χ0n) is 16.2. The van der Waals surface area contributed by atoms with E-state index in [-0.39, 0.29) is 23.8 Å². The Bertz CT molecular complexity index is 1110. The first kappa shape index (κ1) is 17.9. The van der Waals surface area contributed by atoms with E-state index in [9.17, 15) is 10.1 Å². The van der Waals surface area contributed by atoms with E-state index in [0.29, 0.717) is 18.7 Å². The van der Waals surface area contributed by atoms with Gasteiger partial charge in [-0.1, -0.05) is 16.8 Å². The van der Waals surface area contributed by atoms with Crippen LogP contribution in [-0.4, -0.2) is 49.3 Å². The van der Waals surface area contributed by atoms with E-state index >= 15 is 0 Å². The van der Waals surface area contributed by atoms with Gasteiger partial charge in [-0.25, -0.2) is 0 Å². The molecule has 0 radical (unpaired) electrons. The second kappa shape index (κ2) is 7.36. The number of likely N-dealkylation sites (tertiary alicyclic amines) is 1. The number of nitrogens with one attached hydrogen (secondary N) is 1. The van der Waals surface area contributed by atoms with Crippen molar-refractivity contribution in [3.8, 4) is 11.8 Å². The molecule has 1 aromatic carbocycles. The van der Waals surface area contributed by atoms with E-state index in [1.54, 1.807) is 6.21 Å². The van der Waals surface area contributed by atoms with Crippen molar-refractivity contribution in [3.63, 3.8) is 0 Å². The maximum absolute atomic E-state index is 12.5. The van der Waals surface area contributed by atoms with Gasteiger partial charge in [-0.05, 0) is 43.2 Å². The molecule has 2 unspecified atom stereocenters. The minimum Gasteiger partial charge on any atom is -0.479 e. The number of hydrogen-bond acceptors (Lipinski definition) is 4. The van der Waals surface area contributed by atoms with Crippen molar-refractivity contribution in [3.05, 3.63) is 52.1 Å². The van der Waals surface area contributed by atoms with Gasteiger partial charge in [0.05, 0.1) is 30.3 Å². The molecule has 2 fully saturated rings. The van der Waals surface area contributed by atoms with Crippen molar-refractivity contribution in [1.82, 2.24) is 14.9 Å². The average Bonchev–Trinajstić information content (AvgIpc) is 3.41. The zero-order chi connectivity index (χ0) is 19.8. The fraction of sp³-hybridized carbons (Fsp3) is 0.391. The van der Waals surface area contributed by atoms with Crippen LogP contribution < -0.4 is 25.3 Å². The number of carbonyl (C=O) groups is 1. The summed E-state index contributed by atoms with van der Waals surface area (Å²) in [4.78, 5) is 14.4. The molecule has 2 saturated heterocycles. The monoisotopic (exact) mass is 387 g/mol. The van der Waals surface area contributed by atoms with Gasteiger partial charge in [-0.3, -0.25) is 4.79 Å². The summed E-state index contributed by atoms with van der Waals surface area (Å²) in [6.07, 6.45) is 11.5. The number of ether oxygens (including phenoxy) is 1. The molecule has 3 heterocycles. The second-order valence-electron chi connectivity index (χ2n) is 8.05. The number of hydrogen-bond donors (Lipinski definition) is 1. The summed E-state index contributed by atoms with van der Waals surface area (Å²) in [5.41, 5.74) is 1.82. The lowest BCUT2D eigenvalue weighted by Gasteiger charge is -2.39. The highest BCUT2D eigenvalue weighted by atomic mass is 16.5. The second-order valence-corrected chi connectivity index (χ2v) is 8.05. The van der Waals surface area contributed by atoms with Crippen molar-refractivity contribution < 1.29 is 9.53 Å². The molecule has 1 aromatic rings. The molecule has 0 spiro atoms. The highest BCUT2D eigenvalue weighted by molar-refractivity contribution is 5.91. The Kier molecular flexibility index (Phi) is 4.55. The fourth-order valence-corrected chi connectivity index (χ4v) is 4.40. The predicted molar refractivity (Wildman–Crippen MR) is 110 cm³/mol. The molecule has 4 aliphatic rings. The predicted octanol–water partition coefficient (Wildman–Crippen LogP) is -0.0691. The quantitative estimate of drug-likeness (QED) is 0.734. The fourth-order valence-electron chi connectivity index (χ4n) is 4.40. The van der Waals surface area contributed by atoms with Crippen LogP contribution in [0.3, 0.4) is 0 Å². The summed E-state index contributed by atoms with van der Waals surface area (Å²) < 4.78 is 10.7. The minimum atomic E-state index is -0.0000690. The van der Waals surface area contributed by atoms with Gasteiger partial charge < -0.3 is 15.0 Å². The van der Waals surface area contributed by atoms with E-state index in [4.69, 9.17) is 4.74 Å². The minimum absolute atomic E-state index is 0.0000690. The largest absolute Gasteiger partial charge is 0.479 e. The Morgan fingerprint density at radius 1 is 1.34 bits per heavy atom. The van der Waals surface area contributed by atoms with Crippen LogP contribution in [0.1, 0.15) is 24.3 Å². The number of fused-ring (bicyclic) bond motifs is 1. The van der Waals surface area contributed by atoms with Crippen molar-refractivity contribution in [2.45, 2.75) is 24.9 Å². The van der Waals surface area contributed by atoms with Crippen LogP contribution in [0.4, 0.5) is 0 Å². The molecule has 1 amide bonds. The van der Waals surface area contributed by atoms with Gasteiger partial charge in [0.2, 0.25) is 11.7 Å². The lowest BCUT2D eigenvalue weighted by atomic mass is 9.89. The molecule has 6 heteroatoms. The van der Waals surface area contributed by atoms with Crippen LogP contribution in [-0.2, 0) is 4.79 Å². The van der Waals surface area contributed by atoms with Gasteiger partial charge in [0.1, 0.15) is 6.10 Å². The zero-order valence-corrected chi connectivity index (χ0v) is 16.2. The van der Waals surface area contributed by atoms with Crippen molar-refractivity contribution in [1.29, 1.82) is 5.26 Å². The smallest absolute Gasteiger partial charge is 0.375 e. The lowest BCUT2D eigenvalue weighted by molar-refractivity contribution is -0.143. The molecule has 146 valence electrons. The number of allylic oxidation sites excluding steroid dienone is 4. The van der Waals surface area contributed by atoms with E-state index in [0.717, 1.165) is 47.8 Å². The van der Waals surface area contributed by atoms with Crippen molar-refractivity contribution in [2.24, 2.45) is 5.92 Å². The van der Waals surface area contributed by atoms with Gasteiger partial charge in [0, 0.05) is 24.1 Å². The van der Waals surface area contributed by atoms with Crippen molar-refractivity contribution >= 4 is 18.2 Å². The number of benzene rings is 1. The number of amides is 1. The molecule has 5 rings (SSSR count). The van der Waals surface area contributed by atoms with Gasteiger partial charge in [-0.2, -0.15) is 5.26 Å². The highest BCUT2D eigenvalue weighted by Crippen LogP contribution is 2.28. The Labute approximate surface area is 169 Å². The van der Waals surface area contributed by atoms with Crippen molar-refractivity contribution in [2.75, 3.05) is 26.2 Å². The SMILES string of the molecule is N#CC1=CC(c2cc(OC3CN(C(=O)C4CCNC4)C3)c3c(c2)=CC=[N+]=3)CC=C1. The summed E-state index contributed by atoms with van der Waals surface area (Å²) in [5.74, 6) is 1.28. The molecular weight excluding hydrogens is 364 g/mol. The Hall–Kier alpha value is -3.13. The maximum Gasteiger partial charge on any atom is 0.375 e. The third-order valence-corrected chi connectivity index (χ3v) is 6.07. The first-order valence-corrected chi connectivity index (χ1v) is 10.2. The molecule has 0 bridgehead atoms. The number of rotatable bonds is 4. The summed E-state index contributed by atoms with van der Waals surface area (Å²) in [5, 5.41) is 14.4. The standard InChI is InChI=1S/C23H23N4O2/c24-11-15-2-1-3-16(8-15)19-9-17-5-7-26-22(17)21(10-19)29-20-13-27(14-20)23(28)18-4-6-25-12-18/h1-2,5,7-10,16,18,20,25H,3-4,6,12-14H2/q+1. The number of nitrogens with zero attached hydrogens (tertiary/aromatic N) is 3. The number of carbonyl (C=O) groups excluding carboxylic acids is 1. The molecule has 0 aromatic heterocycles. The first-order chi connectivity index (χ1) is 14.2. The van der Waals surface area contributed by atoms with Gasteiger partial charge >= 0.3 is 5.36 Å². The maximum atomic E-state index is 12.5. The molecule has 6 nitrogen and oxygen atoms in total. The Morgan fingerprint density at radius 3 is 3.03 bits per heavy atom. The molecule has 29 heavy (non-hydrogen) atoms. The Balaban J connectivity index is 1.33. The molecule has 0 saturated carbocycles. The average molecular weight is 387 g/mol. The Morgan fingerprint density at radius 2 is 2.24 bits per heavy atom. The third-order valence-electron chi connectivity index (χ3n) is 6.07. The first-order valence-electron chi connectivity index (χ1n) is 10.2. The van der Waals surface area contributed by atoms with E-state index < -0.39 is 0 Å². The molecule has 2 atom stereocenters. The van der Waals surface area contributed by atoms with E-state index in [2.05, 4.69) is 28.2 Å². The van der Waals surface area contributed by atoms with Gasteiger partial charge in [0.15, 0.2) is 0 Å². The van der Waals surface area contributed by atoms with Crippen LogP contribution >= 0.6 is 0 Å². The highest BCUT2D eigenvalue weighted by Gasteiger charge is 2.37. The molecule has 1 aliphatic carbocycles. The van der Waals surface area contributed by atoms with Gasteiger partial charge in [0.25, 0.3) is 6.21 Å². The summed E-state index contributed by atoms with van der Waals surface area (Å²) in [7, 11) is 0. The van der Waals surface area contributed by atoms with Crippen LogP contribution in [0.2, 0.25) is 0 Å². The van der Waals surface area contributed by atoms with Gasteiger partial charge in [-0.15, -0.1) is 0 Å². The van der Waals surface area contributed by atoms with E-state index in [1.807, 2.05) is 29.2 Å². The molecular formula is C23H23N4O2+. The van der Waals surface area contributed by atoms with Crippen LogP contribution in [0, 0.1) is 17.2 Å². The topological polar surface area (TPSA) is 79.5 Å². The summed E-state index contributed by atoms with van der Waals surface area (Å²) >= 11 is 0. The number of nitriles is 1.